The van der Waals surface area contributed by atoms with Crippen LogP contribution in [0.1, 0.15) is 15.2 Å². The minimum absolute atomic E-state index is 0.124. The quantitative estimate of drug-likeness (QED) is 0.749. The van der Waals surface area contributed by atoms with E-state index in [-0.39, 0.29) is 5.91 Å². The molecule has 0 saturated heterocycles. The Hall–Kier alpha value is -2.60. The maximum atomic E-state index is 12.6. The Balaban J connectivity index is 1.79. The number of aryl methyl sites for hydroxylation is 1. The second kappa shape index (κ2) is 7.31. The van der Waals surface area contributed by atoms with Crippen LogP contribution in [0, 0.1) is 0 Å². The van der Waals surface area contributed by atoms with E-state index < -0.39 is 0 Å². The third-order valence-corrected chi connectivity index (χ3v) is 4.61. The van der Waals surface area contributed by atoms with E-state index in [1.807, 2.05) is 35.7 Å². The number of hydrogen-bond donors (Lipinski definition) is 1. The van der Waals surface area contributed by atoms with Gasteiger partial charge >= 0.3 is 0 Å². The largest absolute Gasteiger partial charge is 0.496 e. The van der Waals surface area contributed by atoms with Crippen molar-refractivity contribution >= 4 is 17.2 Å². The minimum Gasteiger partial charge on any atom is -0.496 e. The molecule has 0 spiro atoms. The summed E-state index contributed by atoms with van der Waals surface area (Å²) in [5.74, 6) is 0.574. The lowest BCUT2D eigenvalue weighted by molar-refractivity contribution is 0.0954. The molecular weight excluding hydrogens is 322 g/mol. The number of rotatable bonds is 6. The average molecular weight is 341 g/mol. The molecule has 2 heterocycles. The molecule has 0 aliphatic rings. The Bertz CT molecular complexity index is 825. The van der Waals surface area contributed by atoms with Crippen LogP contribution >= 0.6 is 11.3 Å². The maximum absolute atomic E-state index is 12.6. The molecule has 0 atom stereocenters. The van der Waals surface area contributed by atoms with Crippen LogP contribution < -0.4 is 10.1 Å². The zero-order valence-corrected chi connectivity index (χ0v) is 14.5. The molecule has 3 rings (SSSR count). The first-order chi connectivity index (χ1) is 11.7. The molecule has 0 bridgehead atoms. The van der Waals surface area contributed by atoms with E-state index in [4.69, 9.17) is 4.74 Å². The van der Waals surface area contributed by atoms with Gasteiger partial charge in [-0.2, -0.15) is 5.10 Å². The second-order valence-electron chi connectivity index (χ2n) is 5.35. The van der Waals surface area contributed by atoms with E-state index in [1.54, 1.807) is 36.4 Å². The van der Waals surface area contributed by atoms with Crippen LogP contribution in [0.4, 0.5) is 0 Å². The van der Waals surface area contributed by atoms with Gasteiger partial charge in [0.1, 0.15) is 11.4 Å². The van der Waals surface area contributed by atoms with E-state index in [9.17, 15) is 4.79 Å². The third kappa shape index (κ3) is 3.49. The monoisotopic (exact) mass is 341 g/mol. The van der Waals surface area contributed by atoms with Gasteiger partial charge in [0.25, 0.3) is 5.91 Å². The van der Waals surface area contributed by atoms with E-state index in [0.29, 0.717) is 23.6 Å². The number of carbonyl (C=O) groups excluding carboxylic acids is 1. The van der Waals surface area contributed by atoms with E-state index in [2.05, 4.69) is 16.5 Å². The fraction of sp³-hybridized carbons (Fsp3) is 0.222. The molecule has 1 amide bonds. The van der Waals surface area contributed by atoms with Crippen LogP contribution in [0.5, 0.6) is 5.75 Å². The number of nitrogens with zero attached hydrogens (tertiary/aromatic N) is 2. The van der Waals surface area contributed by atoms with Crippen molar-refractivity contribution in [3.05, 3.63) is 58.4 Å². The smallest absolute Gasteiger partial charge is 0.255 e. The van der Waals surface area contributed by atoms with Crippen molar-refractivity contribution in [2.24, 2.45) is 7.05 Å². The van der Waals surface area contributed by atoms with Gasteiger partial charge in [0, 0.05) is 30.2 Å². The Morgan fingerprint density at radius 3 is 2.88 bits per heavy atom. The molecule has 0 fully saturated rings. The molecule has 6 heteroatoms. The molecule has 0 radical (unpaired) electrons. The van der Waals surface area contributed by atoms with Gasteiger partial charge in [-0.25, -0.2) is 0 Å². The van der Waals surface area contributed by atoms with Crippen molar-refractivity contribution in [3.63, 3.8) is 0 Å². The highest BCUT2D eigenvalue weighted by Crippen LogP contribution is 2.30. The van der Waals surface area contributed by atoms with E-state index in [1.165, 1.54) is 4.88 Å². The standard InChI is InChI=1S/C18H19N3O2S/c1-21-12-15(18(22)19-10-9-13-6-5-11-24-13)17(20-21)14-7-3-4-8-16(14)23-2/h3-8,11-12H,9-10H2,1-2H3,(H,19,22). The van der Waals surface area contributed by atoms with Crippen molar-refractivity contribution in [2.75, 3.05) is 13.7 Å². The molecule has 0 unspecified atom stereocenters. The first-order valence-electron chi connectivity index (χ1n) is 7.66. The molecule has 3 aromatic rings. The maximum Gasteiger partial charge on any atom is 0.255 e. The van der Waals surface area contributed by atoms with Crippen molar-refractivity contribution in [3.8, 4) is 17.0 Å². The van der Waals surface area contributed by atoms with E-state index in [0.717, 1.165) is 12.0 Å². The highest BCUT2D eigenvalue weighted by molar-refractivity contribution is 7.09. The molecule has 1 N–H and O–H groups in total. The van der Waals surface area contributed by atoms with Crippen LogP contribution in [0.15, 0.2) is 48.0 Å². The first-order valence-corrected chi connectivity index (χ1v) is 8.54. The predicted molar refractivity (Wildman–Crippen MR) is 95.6 cm³/mol. The molecule has 2 aromatic heterocycles. The highest BCUT2D eigenvalue weighted by atomic mass is 32.1. The molecule has 124 valence electrons. The number of para-hydroxylation sites is 1. The summed E-state index contributed by atoms with van der Waals surface area (Å²) in [7, 11) is 3.42. The lowest BCUT2D eigenvalue weighted by Gasteiger charge is -2.08. The van der Waals surface area contributed by atoms with Crippen molar-refractivity contribution in [2.45, 2.75) is 6.42 Å². The summed E-state index contributed by atoms with van der Waals surface area (Å²) in [6.45, 7) is 0.597. The number of amides is 1. The zero-order chi connectivity index (χ0) is 16.9. The number of nitrogens with one attached hydrogen (secondary N) is 1. The van der Waals surface area contributed by atoms with Gasteiger partial charge < -0.3 is 10.1 Å². The lowest BCUT2D eigenvalue weighted by atomic mass is 10.1. The molecular formula is C18H19N3O2S. The number of benzene rings is 1. The van der Waals surface area contributed by atoms with Crippen LogP contribution in [-0.2, 0) is 13.5 Å². The van der Waals surface area contributed by atoms with Gasteiger partial charge in [0.05, 0.1) is 12.7 Å². The van der Waals surface area contributed by atoms with Crippen LogP contribution in [-0.4, -0.2) is 29.3 Å². The van der Waals surface area contributed by atoms with Gasteiger partial charge in [0.2, 0.25) is 0 Å². The summed E-state index contributed by atoms with van der Waals surface area (Å²) in [5, 5.41) is 9.46. The molecule has 0 saturated carbocycles. The van der Waals surface area contributed by atoms with E-state index >= 15 is 0 Å². The Labute approximate surface area is 144 Å². The molecule has 0 aliphatic heterocycles. The highest BCUT2D eigenvalue weighted by Gasteiger charge is 2.19. The predicted octanol–water partition coefficient (Wildman–Crippen LogP) is 3.13. The van der Waals surface area contributed by atoms with Gasteiger partial charge in [-0.3, -0.25) is 9.48 Å². The normalized spacial score (nSPS) is 10.6. The number of thiophene rings is 1. The average Bonchev–Trinajstić information content (AvgIpc) is 3.24. The molecule has 0 aliphatic carbocycles. The molecule has 24 heavy (non-hydrogen) atoms. The zero-order valence-electron chi connectivity index (χ0n) is 13.7. The van der Waals surface area contributed by atoms with Gasteiger partial charge in [-0.1, -0.05) is 18.2 Å². The summed E-state index contributed by atoms with van der Waals surface area (Å²) < 4.78 is 7.04. The van der Waals surface area contributed by atoms with Crippen molar-refractivity contribution in [1.82, 2.24) is 15.1 Å². The van der Waals surface area contributed by atoms with Crippen molar-refractivity contribution in [1.29, 1.82) is 0 Å². The summed E-state index contributed by atoms with van der Waals surface area (Å²) in [4.78, 5) is 13.8. The Morgan fingerprint density at radius 2 is 2.12 bits per heavy atom. The molecule has 5 nitrogen and oxygen atoms in total. The van der Waals surface area contributed by atoms with Crippen LogP contribution in [0.25, 0.3) is 11.3 Å². The first kappa shape index (κ1) is 16.3. The summed E-state index contributed by atoms with van der Waals surface area (Å²) in [6.07, 6.45) is 2.57. The van der Waals surface area contributed by atoms with Gasteiger partial charge in [0.15, 0.2) is 0 Å². The SMILES string of the molecule is COc1ccccc1-c1nn(C)cc1C(=O)NCCc1cccs1. The topological polar surface area (TPSA) is 56.2 Å². The fourth-order valence-electron chi connectivity index (χ4n) is 2.54. The Morgan fingerprint density at radius 1 is 1.29 bits per heavy atom. The fourth-order valence-corrected chi connectivity index (χ4v) is 3.25. The van der Waals surface area contributed by atoms with Gasteiger partial charge in [-0.15, -0.1) is 11.3 Å². The summed E-state index contributed by atoms with van der Waals surface area (Å²) in [6, 6.07) is 11.7. The summed E-state index contributed by atoms with van der Waals surface area (Å²) >= 11 is 1.70. The van der Waals surface area contributed by atoms with Crippen molar-refractivity contribution < 1.29 is 9.53 Å². The number of aromatic nitrogens is 2. The number of methoxy groups -OCH3 is 1. The summed E-state index contributed by atoms with van der Waals surface area (Å²) in [5.41, 5.74) is 1.99. The lowest BCUT2D eigenvalue weighted by Crippen LogP contribution is -2.25. The van der Waals surface area contributed by atoms with Gasteiger partial charge in [-0.05, 0) is 30.0 Å². The van der Waals surface area contributed by atoms with Crippen LogP contribution in [0.2, 0.25) is 0 Å². The third-order valence-electron chi connectivity index (χ3n) is 3.67. The minimum atomic E-state index is -0.124. The second-order valence-corrected chi connectivity index (χ2v) is 6.38. The number of hydrogen-bond acceptors (Lipinski definition) is 4. The number of carbonyl (C=O) groups is 1. The van der Waals surface area contributed by atoms with Crippen LogP contribution in [0.3, 0.4) is 0 Å². The molecule has 1 aromatic carbocycles. The Kier molecular flexibility index (Phi) is 4.96. The number of ether oxygens (including phenoxy) is 1.